The molecule has 104 valence electrons. The van der Waals surface area contributed by atoms with Gasteiger partial charge in [-0.1, -0.05) is 12.1 Å². The summed E-state index contributed by atoms with van der Waals surface area (Å²) in [5, 5.41) is 0. The third-order valence-corrected chi connectivity index (χ3v) is 4.04. The minimum atomic E-state index is -0.204. The van der Waals surface area contributed by atoms with Crippen molar-refractivity contribution < 1.29 is 9.18 Å². The van der Waals surface area contributed by atoms with Gasteiger partial charge >= 0.3 is 0 Å². The molecule has 1 saturated heterocycles. The van der Waals surface area contributed by atoms with Gasteiger partial charge in [0.25, 0.3) is 0 Å². The predicted octanol–water partition coefficient (Wildman–Crippen LogP) is 2.47. The Morgan fingerprint density at radius 1 is 1.37 bits per heavy atom. The smallest absolute Gasteiger partial charge is 0.217 e. The molecule has 1 aliphatic rings. The van der Waals surface area contributed by atoms with Crippen LogP contribution in [0.5, 0.6) is 0 Å². The highest BCUT2D eigenvalue weighted by Crippen LogP contribution is 2.27. The number of carbonyl (C=O) groups is 1. The Labute approximate surface area is 113 Å². The first-order valence-corrected chi connectivity index (χ1v) is 6.84. The SMILES string of the molecule is C[C@@H](c1ccc(F)cc1)N1CCC(CC(N)=O)CC1. The van der Waals surface area contributed by atoms with Crippen LogP contribution in [0, 0.1) is 11.7 Å². The number of hydrogen-bond donors (Lipinski definition) is 1. The maximum atomic E-state index is 12.9. The van der Waals surface area contributed by atoms with Gasteiger partial charge in [0.15, 0.2) is 0 Å². The second-order valence-electron chi connectivity index (χ2n) is 5.38. The Kier molecular flexibility index (Phi) is 4.53. The fourth-order valence-corrected chi connectivity index (χ4v) is 2.78. The molecule has 0 bridgehead atoms. The average molecular weight is 264 g/mol. The number of rotatable bonds is 4. The van der Waals surface area contributed by atoms with Crippen LogP contribution in [-0.2, 0) is 4.79 Å². The third kappa shape index (κ3) is 3.77. The molecular weight excluding hydrogens is 243 g/mol. The van der Waals surface area contributed by atoms with Crippen LogP contribution < -0.4 is 5.73 Å². The van der Waals surface area contributed by atoms with Crippen molar-refractivity contribution in [3.8, 4) is 0 Å². The van der Waals surface area contributed by atoms with E-state index < -0.39 is 0 Å². The van der Waals surface area contributed by atoms with Gasteiger partial charge in [-0.2, -0.15) is 0 Å². The van der Waals surface area contributed by atoms with Crippen molar-refractivity contribution in [2.24, 2.45) is 11.7 Å². The van der Waals surface area contributed by atoms with Crippen LogP contribution in [0.2, 0.25) is 0 Å². The number of carbonyl (C=O) groups excluding carboxylic acids is 1. The van der Waals surface area contributed by atoms with Gasteiger partial charge in [0.2, 0.25) is 5.91 Å². The molecule has 0 spiro atoms. The summed E-state index contributed by atoms with van der Waals surface area (Å²) < 4.78 is 12.9. The van der Waals surface area contributed by atoms with E-state index >= 15 is 0 Å². The first kappa shape index (κ1) is 14.0. The second kappa shape index (κ2) is 6.15. The minimum absolute atomic E-state index is 0.198. The number of amides is 1. The summed E-state index contributed by atoms with van der Waals surface area (Å²) in [6, 6.07) is 6.98. The molecule has 3 nitrogen and oxygen atoms in total. The lowest BCUT2D eigenvalue weighted by atomic mass is 9.92. The van der Waals surface area contributed by atoms with Gasteiger partial charge in [-0.3, -0.25) is 9.69 Å². The van der Waals surface area contributed by atoms with Crippen LogP contribution in [0.1, 0.15) is 37.8 Å². The second-order valence-corrected chi connectivity index (χ2v) is 5.38. The summed E-state index contributed by atoms with van der Waals surface area (Å²) in [5.74, 6) is 0.0234. The summed E-state index contributed by atoms with van der Waals surface area (Å²) in [6.07, 6.45) is 2.52. The van der Waals surface area contributed by atoms with Crippen LogP contribution in [0.25, 0.3) is 0 Å². The van der Waals surface area contributed by atoms with Gasteiger partial charge < -0.3 is 5.73 Å². The number of nitrogens with two attached hydrogens (primary N) is 1. The highest BCUT2D eigenvalue weighted by atomic mass is 19.1. The Balaban J connectivity index is 1.90. The average Bonchev–Trinajstić information content (AvgIpc) is 2.39. The lowest BCUT2D eigenvalue weighted by Crippen LogP contribution is -2.36. The first-order valence-electron chi connectivity index (χ1n) is 6.84. The Morgan fingerprint density at radius 2 is 1.95 bits per heavy atom. The summed E-state index contributed by atoms with van der Waals surface area (Å²) in [7, 11) is 0. The van der Waals surface area contributed by atoms with Crippen LogP contribution >= 0.6 is 0 Å². The number of nitrogens with zero attached hydrogens (tertiary/aromatic N) is 1. The maximum absolute atomic E-state index is 12.9. The van der Waals surface area contributed by atoms with E-state index in [4.69, 9.17) is 5.73 Å². The Bertz CT molecular complexity index is 424. The Morgan fingerprint density at radius 3 is 2.47 bits per heavy atom. The van der Waals surface area contributed by atoms with E-state index in [1.165, 1.54) is 12.1 Å². The minimum Gasteiger partial charge on any atom is -0.370 e. The lowest BCUT2D eigenvalue weighted by Gasteiger charge is -2.36. The van der Waals surface area contributed by atoms with Crippen molar-refractivity contribution in [2.45, 2.75) is 32.2 Å². The molecule has 2 N–H and O–H groups in total. The molecule has 0 saturated carbocycles. The molecule has 1 aliphatic heterocycles. The van der Waals surface area contributed by atoms with Crippen molar-refractivity contribution in [1.82, 2.24) is 4.90 Å². The lowest BCUT2D eigenvalue weighted by molar-refractivity contribution is -0.119. The van der Waals surface area contributed by atoms with Crippen molar-refractivity contribution in [2.75, 3.05) is 13.1 Å². The summed E-state index contributed by atoms with van der Waals surface area (Å²) in [5.41, 5.74) is 6.37. The van der Waals surface area contributed by atoms with E-state index in [-0.39, 0.29) is 17.8 Å². The molecule has 1 atom stereocenters. The van der Waals surface area contributed by atoms with Crippen molar-refractivity contribution >= 4 is 5.91 Å². The molecule has 1 fully saturated rings. The number of piperidine rings is 1. The Hall–Kier alpha value is -1.42. The topological polar surface area (TPSA) is 46.3 Å². The molecular formula is C15H21FN2O. The fraction of sp³-hybridized carbons (Fsp3) is 0.533. The van der Waals surface area contributed by atoms with Gasteiger partial charge in [0, 0.05) is 12.5 Å². The first-order chi connectivity index (χ1) is 9.06. The predicted molar refractivity (Wildman–Crippen MR) is 72.9 cm³/mol. The maximum Gasteiger partial charge on any atom is 0.217 e. The molecule has 2 rings (SSSR count). The van der Waals surface area contributed by atoms with E-state index in [9.17, 15) is 9.18 Å². The van der Waals surface area contributed by atoms with Crippen molar-refractivity contribution in [3.05, 3.63) is 35.6 Å². The molecule has 4 heteroatoms. The molecule has 1 amide bonds. The number of primary amides is 1. The largest absolute Gasteiger partial charge is 0.370 e. The number of benzene rings is 1. The van der Waals surface area contributed by atoms with E-state index in [0.717, 1.165) is 31.5 Å². The van der Waals surface area contributed by atoms with Crippen LogP contribution in [0.3, 0.4) is 0 Å². The molecule has 1 heterocycles. The van der Waals surface area contributed by atoms with Gasteiger partial charge in [-0.15, -0.1) is 0 Å². The van der Waals surface area contributed by atoms with E-state index in [1.54, 1.807) is 0 Å². The van der Waals surface area contributed by atoms with Crippen molar-refractivity contribution in [3.63, 3.8) is 0 Å². The fourth-order valence-electron chi connectivity index (χ4n) is 2.78. The summed E-state index contributed by atoms with van der Waals surface area (Å²) >= 11 is 0. The molecule has 0 unspecified atom stereocenters. The number of likely N-dealkylation sites (tertiary alicyclic amines) is 1. The molecule has 0 radical (unpaired) electrons. The number of hydrogen-bond acceptors (Lipinski definition) is 2. The number of halogens is 1. The van der Waals surface area contributed by atoms with E-state index in [2.05, 4.69) is 11.8 Å². The third-order valence-electron chi connectivity index (χ3n) is 4.04. The molecule has 1 aromatic rings. The van der Waals surface area contributed by atoms with Gasteiger partial charge in [0.05, 0.1) is 0 Å². The molecule has 1 aromatic carbocycles. The zero-order valence-electron chi connectivity index (χ0n) is 11.3. The van der Waals surface area contributed by atoms with Gasteiger partial charge in [-0.25, -0.2) is 4.39 Å². The zero-order chi connectivity index (χ0) is 13.8. The quantitative estimate of drug-likeness (QED) is 0.908. The van der Waals surface area contributed by atoms with Gasteiger partial charge in [-0.05, 0) is 56.5 Å². The monoisotopic (exact) mass is 264 g/mol. The van der Waals surface area contributed by atoms with Crippen LogP contribution in [0.15, 0.2) is 24.3 Å². The highest BCUT2D eigenvalue weighted by molar-refractivity contribution is 5.73. The standard InChI is InChI=1S/C15H21FN2O/c1-11(13-2-4-14(16)5-3-13)18-8-6-12(7-9-18)10-15(17)19/h2-5,11-12H,6-10H2,1H3,(H2,17,19)/t11-/m0/s1. The van der Waals surface area contributed by atoms with Crippen LogP contribution in [0.4, 0.5) is 4.39 Å². The summed E-state index contributed by atoms with van der Waals surface area (Å²) in [6.45, 7) is 4.08. The van der Waals surface area contributed by atoms with Crippen LogP contribution in [-0.4, -0.2) is 23.9 Å². The van der Waals surface area contributed by atoms with Crippen molar-refractivity contribution in [1.29, 1.82) is 0 Å². The highest BCUT2D eigenvalue weighted by Gasteiger charge is 2.24. The van der Waals surface area contributed by atoms with Gasteiger partial charge in [0.1, 0.15) is 5.82 Å². The van der Waals surface area contributed by atoms with E-state index in [1.807, 2.05) is 12.1 Å². The van der Waals surface area contributed by atoms with E-state index in [0.29, 0.717) is 12.3 Å². The summed E-state index contributed by atoms with van der Waals surface area (Å²) in [4.78, 5) is 13.3. The zero-order valence-corrected chi connectivity index (χ0v) is 11.3. The molecule has 19 heavy (non-hydrogen) atoms. The molecule has 0 aliphatic carbocycles. The molecule has 0 aromatic heterocycles. The normalized spacial score (nSPS) is 19.3.